The lowest BCUT2D eigenvalue weighted by Crippen LogP contribution is -2.58. The summed E-state index contributed by atoms with van der Waals surface area (Å²) in [4.78, 5) is 42.3. The molecule has 0 spiro atoms. The number of nitrogens with zero attached hydrogens (tertiary/aromatic N) is 2. The standard InChI is InChI=1S/C20H16BrN3O4S/c1-2-28-19(27)12-3-7-14(8-4-12)22-11-16-17(25)23-20(29)24(18(16)26)15-9-5-13(21)6-10-15/h3-11,16H,2H2,1H3,(H,23,25,29)/t16-/m0/s1. The van der Waals surface area contributed by atoms with Gasteiger partial charge in [-0.2, -0.15) is 0 Å². The molecule has 1 heterocycles. The number of hydrogen-bond donors (Lipinski definition) is 1. The van der Waals surface area contributed by atoms with Crippen molar-refractivity contribution in [3.05, 3.63) is 58.6 Å². The minimum absolute atomic E-state index is 0.0192. The Kier molecular flexibility index (Phi) is 6.50. The molecule has 2 aromatic rings. The first-order chi connectivity index (χ1) is 13.9. The molecule has 0 aromatic heterocycles. The molecule has 1 atom stereocenters. The number of nitrogens with one attached hydrogen (secondary N) is 1. The summed E-state index contributed by atoms with van der Waals surface area (Å²) in [5.74, 6) is -2.59. The summed E-state index contributed by atoms with van der Waals surface area (Å²) in [5.41, 5.74) is 1.42. The summed E-state index contributed by atoms with van der Waals surface area (Å²) in [6.07, 6.45) is 1.27. The van der Waals surface area contributed by atoms with E-state index in [-0.39, 0.29) is 11.7 Å². The van der Waals surface area contributed by atoms with Crippen LogP contribution in [-0.4, -0.2) is 35.7 Å². The second-order valence-corrected chi connectivity index (χ2v) is 7.27. The van der Waals surface area contributed by atoms with Crippen molar-refractivity contribution in [2.45, 2.75) is 6.92 Å². The van der Waals surface area contributed by atoms with Gasteiger partial charge in [-0.05, 0) is 67.7 Å². The summed E-state index contributed by atoms with van der Waals surface area (Å²) in [6.45, 7) is 2.01. The largest absolute Gasteiger partial charge is 0.462 e. The van der Waals surface area contributed by atoms with Gasteiger partial charge >= 0.3 is 5.97 Å². The van der Waals surface area contributed by atoms with E-state index in [1.54, 1.807) is 55.5 Å². The number of carbonyl (C=O) groups excluding carboxylic acids is 3. The molecule has 1 N–H and O–H groups in total. The van der Waals surface area contributed by atoms with E-state index in [0.29, 0.717) is 16.9 Å². The Bertz CT molecular complexity index is 990. The molecule has 0 aliphatic carbocycles. The Morgan fingerprint density at radius 2 is 1.86 bits per heavy atom. The maximum absolute atomic E-state index is 12.9. The van der Waals surface area contributed by atoms with Crippen molar-refractivity contribution in [1.82, 2.24) is 5.32 Å². The van der Waals surface area contributed by atoms with Gasteiger partial charge in [0.15, 0.2) is 11.0 Å². The van der Waals surface area contributed by atoms with Crippen LogP contribution in [-0.2, 0) is 14.3 Å². The summed E-state index contributed by atoms with van der Waals surface area (Å²) < 4.78 is 5.78. The van der Waals surface area contributed by atoms with Gasteiger partial charge in [-0.25, -0.2) is 4.79 Å². The number of hydrogen-bond acceptors (Lipinski definition) is 6. The van der Waals surface area contributed by atoms with Crippen molar-refractivity contribution in [3.63, 3.8) is 0 Å². The Balaban J connectivity index is 1.79. The van der Waals surface area contributed by atoms with E-state index in [9.17, 15) is 14.4 Å². The van der Waals surface area contributed by atoms with Crippen LogP contribution >= 0.6 is 28.1 Å². The van der Waals surface area contributed by atoms with E-state index < -0.39 is 23.7 Å². The fourth-order valence-electron chi connectivity index (χ4n) is 2.62. The highest BCUT2D eigenvalue weighted by Crippen LogP contribution is 2.23. The van der Waals surface area contributed by atoms with E-state index in [0.717, 1.165) is 4.47 Å². The number of thiocarbonyl (C=S) groups is 1. The van der Waals surface area contributed by atoms with Crippen molar-refractivity contribution in [1.29, 1.82) is 0 Å². The van der Waals surface area contributed by atoms with Gasteiger partial charge < -0.3 is 10.1 Å². The van der Waals surface area contributed by atoms with E-state index >= 15 is 0 Å². The molecule has 2 aromatic carbocycles. The summed E-state index contributed by atoms with van der Waals surface area (Å²) in [5, 5.41) is 2.55. The molecular formula is C20H16BrN3O4S. The highest BCUT2D eigenvalue weighted by Gasteiger charge is 2.38. The van der Waals surface area contributed by atoms with Gasteiger partial charge in [-0.1, -0.05) is 15.9 Å². The second kappa shape index (κ2) is 9.06. The van der Waals surface area contributed by atoms with Crippen LogP contribution < -0.4 is 10.2 Å². The van der Waals surface area contributed by atoms with Gasteiger partial charge in [-0.3, -0.25) is 19.5 Å². The maximum atomic E-state index is 12.9. The third kappa shape index (κ3) is 4.75. The summed E-state index contributed by atoms with van der Waals surface area (Å²) in [6, 6.07) is 13.3. The topological polar surface area (TPSA) is 88.1 Å². The van der Waals surface area contributed by atoms with Crippen LogP contribution in [0.4, 0.5) is 11.4 Å². The van der Waals surface area contributed by atoms with Crippen LogP contribution in [0.5, 0.6) is 0 Å². The number of halogens is 1. The zero-order valence-electron chi connectivity index (χ0n) is 15.3. The van der Waals surface area contributed by atoms with Gasteiger partial charge in [0.1, 0.15) is 0 Å². The predicted molar refractivity (Wildman–Crippen MR) is 116 cm³/mol. The van der Waals surface area contributed by atoms with Crippen LogP contribution in [0.15, 0.2) is 58.0 Å². The summed E-state index contributed by atoms with van der Waals surface area (Å²) >= 11 is 8.50. The minimum atomic E-state index is -1.13. The molecule has 7 nitrogen and oxygen atoms in total. The fraction of sp³-hybridized carbons (Fsp3) is 0.150. The zero-order valence-corrected chi connectivity index (χ0v) is 17.7. The molecule has 148 valence electrons. The minimum Gasteiger partial charge on any atom is -0.462 e. The number of benzene rings is 2. The Morgan fingerprint density at radius 3 is 2.48 bits per heavy atom. The number of esters is 1. The monoisotopic (exact) mass is 473 g/mol. The molecule has 1 saturated heterocycles. The first-order valence-corrected chi connectivity index (χ1v) is 9.86. The van der Waals surface area contributed by atoms with E-state index in [1.165, 1.54) is 11.1 Å². The van der Waals surface area contributed by atoms with Gasteiger partial charge in [0.05, 0.1) is 23.5 Å². The summed E-state index contributed by atoms with van der Waals surface area (Å²) in [7, 11) is 0. The van der Waals surface area contributed by atoms with Crippen LogP contribution in [0.3, 0.4) is 0 Å². The molecule has 1 aliphatic rings. The van der Waals surface area contributed by atoms with E-state index in [2.05, 4.69) is 26.2 Å². The van der Waals surface area contributed by atoms with Crippen molar-refractivity contribution in [3.8, 4) is 0 Å². The molecule has 0 saturated carbocycles. The van der Waals surface area contributed by atoms with Crippen LogP contribution in [0.1, 0.15) is 17.3 Å². The first-order valence-electron chi connectivity index (χ1n) is 8.66. The highest BCUT2D eigenvalue weighted by atomic mass is 79.9. The normalized spacial score (nSPS) is 16.8. The molecular weight excluding hydrogens is 458 g/mol. The molecule has 29 heavy (non-hydrogen) atoms. The average molecular weight is 474 g/mol. The number of carbonyl (C=O) groups is 3. The fourth-order valence-corrected chi connectivity index (χ4v) is 3.18. The van der Waals surface area contributed by atoms with Gasteiger partial charge in [0.25, 0.3) is 5.91 Å². The maximum Gasteiger partial charge on any atom is 0.338 e. The molecule has 2 amide bonds. The number of rotatable bonds is 5. The number of amides is 2. The lowest BCUT2D eigenvalue weighted by molar-refractivity contribution is -0.130. The second-order valence-electron chi connectivity index (χ2n) is 5.97. The van der Waals surface area contributed by atoms with Crippen LogP contribution in [0.25, 0.3) is 0 Å². The number of aliphatic imine (C=N–C) groups is 1. The molecule has 0 radical (unpaired) electrons. The number of ether oxygens (including phenoxy) is 1. The third-order valence-electron chi connectivity index (χ3n) is 4.04. The molecule has 0 bridgehead atoms. The molecule has 0 unspecified atom stereocenters. The predicted octanol–water partition coefficient (Wildman–Crippen LogP) is 3.39. The molecule has 3 rings (SSSR count). The van der Waals surface area contributed by atoms with Crippen molar-refractivity contribution < 1.29 is 19.1 Å². The molecule has 1 aliphatic heterocycles. The SMILES string of the molecule is CCOC(=O)c1ccc(N=C[C@H]2C(=O)NC(=S)N(c3ccc(Br)cc3)C2=O)cc1. The van der Waals surface area contributed by atoms with Crippen molar-refractivity contribution >= 4 is 68.6 Å². The molecule has 1 fully saturated rings. The molecule has 9 heteroatoms. The van der Waals surface area contributed by atoms with Crippen molar-refractivity contribution in [2.75, 3.05) is 11.5 Å². The third-order valence-corrected chi connectivity index (χ3v) is 4.85. The Labute approximate surface area is 180 Å². The average Bonchev–Trinajstić information content (AvgIpc) is 2.69. The van der Waals surface area contributed by atoms with Crippen molar-refractivity contribution in [2.24, 2.45) is 10.9 Å². The van der Waals surface area contributed by atoms with Crippen LogP contribution in [0, 0.1) is 5.92 Å². The van der Waals surface area contributed by atoms with Gasteiger partial charge in [-0.15, -0.1) is 0 Å². The van der Waals surface area contributed by atoms with E-state index in [4.69, 9.17) is 17.0 Å². The lowest BCUT2D eigenvalue weighted by atomic mass is 10.1. The quantitative estimate of drug-likeness (QED) is 0.311. The highest BCUT2D eigenvalue weighted by molar-refractivity contribution is 9.10. The smallest absolute Gasteiger partial charge is 0.338 e. The zero-order chi connectivity index (χ0) is 21.0. The first kappa shape index (κ1) is 20.8. The number of anilines is 1. The van der Waals surface area contributed by atoms with E-state index in [1.807, 2.05) is 0 Å². The van der Waals surface area contributed by atoms with Gasteiger partial charge in [0.2, 0.25) is 5.91 Å². The Hall–Kier alpha value is -2.91. The lowest BCUT2D eigenvalue weighted by Gasteiger charge is -2.30. The Morgan fingerprint density at radius 1 is 1.21 bits per heavy atom. The van der Waals surface area contributed by atoms with Crippen LogP contribution in [0.2, 0.25) is 0 Å². The van der Waals surface area contributed by atoms with Gasteiger partial charge in [0, 0.05) is 10.7 Å².